The molecule has 1 N–H and O–H groups in total. The fraction of sp³-hybridized carbons (Fsp3) is 0.290. The molecule has 0 fully saturated rings. The number of para-hydroxylation sites is 2. The molecule has 0 saturated heterocycles. The van der Waals surface area contributed by atoms with Gasteiger partial charge in [0.05, 0.1) is 38.7 Å². The summed E-state index contributed by atoms with van der Waals surface area (Å²) in [4.78, 5) is 30.0. The molecule has 1 amide bonds. The van der Waals surface area contributed by atoms with E-state index < -0.39 is 6.04 Å². The summed E-state index contributed by atoms with van der Waals surface area (Å²) >= 11 is 0. The summed E-state index contributed by atoms with van der Waals surface area (Å²) in [7, 11) is 4.65. The van der Waals surface area contributed by atoms with Crippen LogP contribution in [0.15, 0.2) is 78.0 Å². The molecule has 1 aliphatic carbocycles. The van der Waals surface area contributed by atoms with E-state index in [2.05, 4.69) is 19.2 Å². The second-order valence-corrected chi connectivity index (χ2v) is 10.4. The molecule has 0 radical (unpaired) electrons. The van der Waals surface area contributed by atoms with Crippen molar-refractivity contribution in [1.29, 1.82) is 0 Å². The van der Waals surface area contributed by atoms with E-state index in [1.165, 1.54) is 0 Å². The third-order valence-corrected chi connectivity index (χ3v) is 7.14. The first kappa shape index (κ1) is 25.4. The van der Waals surface area contributed by atoms with Crippen LogP contribution in [0.2, 0.25) is 0 Å². The van der Waals surface area contributed by atoms with Crippen molar-refractivity contribution in [2.24, 2.45) is 5.41 Å². The molecule has 2 aliphatic rings. The average molecular weight is 513 g/mol. The second-order valence-electron chi connectivity index (χ2n) is 10.4. The van der Waals surface area contributed by atoms with E-state index in [0.717, 1.165) is 11.4 Å². The SMILES string of the molecule is COc1cc(C2C3=C(CC(C)(C)CC3=O)Nc3ccccc3N2C(=O)c2ccccc2)cc(OC)c1OC. The van der Waals surface area contributed by atoms with Gasteiger partial charge in [0.25, 0.3) is 5.91 Å². The molecule has 7 heteroatoms. The first-order valence-corrected chi connectivity index (χ1v) is 12.6. The minimum atomic E-state index is -0.730. The summed E-state index contributed by atoms with van der Waals surface area (Å²) in [5.41, 5.74) is 3.82. The lowest BCUT2D eigenvalue weighted by molar-refractivity contribution is -0.118. The summed E-state index contributed by atoms with van der Waals surface area (Å²) in [6.07, 6.45) is 1.04. The normalized spacial score (nSPS) is 18.1. The van der Waals surface area contributed by atoms with Crippen molar-refractivity contribution in [3.05, 3.63) is 89.1 Å². The third-order valence-electron chi connectivity index (χ3n) is 7.14. The fourth-order valence-electron chi connectivity index (χ4n) is 5.51. The van der Waals surface area contributed by atoms with E-state index in [-0.39, 0.29) is 17.1 Å². The zero-order chi connectivity index (χ0) is 27.0. The minimum absolute atomic E-state index is 0.00108. The summed E-state index contributed by atoms with van der Waals surface area (Å²) in [6, 6.07) is 19.7. The van der Waals surface area contributed by atoms with Gasteiger partial charge in [0.1, 0.15) is 0 Å². The van der Waals surface area contributed by atoms with Crippen LogP contribution in [0.1, 0.15) is 48.7 Å². The number of nitrogens with zero attached hydrogens (tertiary/aromatic N) is 1. The number of nitrogens with one attached hydrogen (secondary N) is 1. The van der Waals surface area contributed by atoms with E-state index in [1.54, 1.807) is 38.4 Å². The first-order valence-electron chi connectivity index (χ1n) is 12.6. The predicted octanol–water partition coefficient (Wildman–Crippen LogP) is 6.17. The minimum Gasteiger partial charge on any atom is -0.493 e. The summed E-state index contributed by atoms with van der Waals surface area (Å²) in [5.74, 6) is 1.12. The number of carbonyl (C=O) groups is 2. The molecule has 0 spiro atoms. The Morgan fingerprint density at radius 2 is 1.53 bits per heavy atom. The molecule has 0 bridgehead atoms. The average Bonchev–Trinajstić information content (AvgIpc) is 3.05. The number of ketones is 1. The molecule has 1 atom stereocenters. The van der Waals surface area contributed by atoms with Gasteiger partial charge < -0.3 is 19.5 Å². The predicted molar refractivity (Wildman–Crippen MR) is 147 cm³/mol. The van der Waals surface area contributed by atoms with Crippen LogP contribution in [0.25, 0.3) is 0 Å². The van der Waals surface area contributed by atoms with E-state index >= 15 is 0 Å². The lowest BCUT2D eigenvalue weighted by Gasteiger charge is -2.37. The Morgan fingerprint density at radius 3 is 2.16 bits per heavy atom. The lowest BCUT2D eigenvalue weighted by Crippen LogP contribution is -2.39. The summed E-state index contributed by atoms with van der Waals surface area (Å²) in [6.45, 7) is 4.18. The highest BCUT2D eigenvalue weighted by Crippen LogP contribution is 2.50. The van der Waals surface area contributed by atoms with Crippen LogP contribution >= 0.6 is 0 Å². The Balaban J connectivity index is 1.84. The molecular formula is C31H32N2O5. The van der Waals surface area contributed by atoms with Gasteiger partial charge in [-0.15, -0.1) is 0 Å². The molecular weight excluding hydrogens is 480 g/mol. The number of amides is 1. The highest BCUT2D eigenvalue weighted by atomic mass is 16.5. The van der Waals surface area contributed by atoms with Crippen LogP contribution in [0, 0.1) is 5.41 Å². The van der Waals surface area contributed by atoms with Gasteiger partial charge >= 0.3 is 0 Å². The van der Waals surface area contributed by atoms with Crippen LogP contribution < -0.4 is 24.4 Å². The molecule has 3 aromatic carbocycles. The summed E-state index contributed by atoms with van der Waals surface area (Å²) < 4.78 is 16.9. The molecule has 1 unspecified atom stereocenters. The Bertz CT molecular complexity index is 1400. The van der Waals surface area contributed by atoms with Gasteiger partial charge in [-0.3, -0.25) is 14.5 Å². The van der Waals surface area contributed by atoms with Gasteiger partial charge in [-0.2, -0.15) is 0 Å². The number of methoxy groups -OCH3 is 3. The third kappa shape index (κ3) is 4.38. The zero-order valence-corrected chi connectivity index (χ0v) is 22.3. The maximum absolute atomic E-state index is 14.3. The topological polar surface area (TPSA) is 77.1 Å². The van der Waals surface area contributed by atoms with Crippen LogP contribution in [0.5, 0.6) is 17.2 Å². The van der Waals surface area contributed by atoms with Crippen molar-refractivity contribution in [2.75, 3.05) is 31.5 Å². The number of fused-ring (bicyclic) bond motifs is 1. The van der Waals surface area contributed by atoms with Crippen LogP contribution in [0.3, 0.4) is 0 Å². The highest BCUT2D eigenvalue weighted by molar-refractivity contribution is 6.12. The largest absolute Gasteiger partial charge is 0.493 e. The van der Waals surface area contributed by atoms with Crippen molar-refractivity contribution in [3.8, 4) is 17.2 Å². The van der Waals surface area contributed by atoms with Crippen molar-refractivity contribution in [1.82, 2.24) is 0 Å². The maximum Gasteiger partial charge on any atom is 0.259 e. The summed E-state index contributed by atoms with van der Waals surface area (Å²) in [5, 5.41) is 3.54. The van der Waals surface area contributed by atoms with Crippen LogP contribution in [-0.2, 0) is 4.79 Å². The molecule has 0 aromatic heterocycles. The monoisotopic (exact) mass is 512 g/mol. The number of allylic oxidation sites excluding steroid dienone is 1. The van der Waals surface area contributed by atoms with Gasteiger partial charge in [-0.25, -0.2) is 0 Å². The molecule has 5 rings (SSSR count). The van der Waals surface area contributed by atoms with E-state index in [4.69, 9.17) is 14.2 Å². The Kier molecular flexibility index (Phi) is 6.61. The molecule has 1 aliphatic heterocycles. The maximum atomic E-state index is 14.3. The molecule has 196 valence electrons. The zero-order valence-electron chi connectivity index (χ0n) is 22.3. The van der Waals surface area contributed by atoms with Gasteiger partial charge in [-0.05, 0) is 53.8 Å². The lowest BCUT2D eigenvalue weighted by atomic mass is 9.73. The van der Waals surface area contributed by atoms with Crippen molar-refractivity contribution >= 4 is 23.1 Å². The number of hydrogen-bond donors (Lipinski definition) is 1. The van der Waals surface area contributed by atoms with E-state index in [9.17, 15) is 9.59 Å². The van der Waals surface area contributed by atoms with Crippen molar-refractivity contribution in [2.45, 2.75) is 32.7 Å². The number of Topliss-reactive ketones (excluding diaryl/α,β-unsaturated/α-hetero) is 1. The number of carbonyl (C=O) groups excluding carboxylic acids is 2. The Hall–Kier alpha value is -4.26. The molecule has 3 aromatic rings. The van der Waals surface area contributed by atoms with Gasteiger partial charge in [0.15, 0.2) is 17.3 Å². The molecule has 38 heavy (non-hydrogen) atoms. The quantitative estimate of drug-likeness (QED) is 0.441. The Morgan fingerprint density at radius 1 is 0.895 bits per heavy atom. The van der Waals surface area contributed by atoms with Gasteiger partial charge in [0, 0.05) is 23.3 Å². The van der Waals surface area contributed by atoms with Gasteiger partial charge in [0.2, 0.25) is 5.75 Å². The molecule has 7 nitrogen and oxygen atoms in total. The number of benzene rings is 3. The molecule has 1 heterocycles. The number of anilines is 2. The number of rotatable bonds is 5. The first-order chi connectivity index (χ1) is 18.3. The number of hydrogen-bond acceptors (Lipinski definition) is 6. The van der Waals surface area contributed by atoms with Crippen molar-refractivity contribution < 1.29 is 23.8 Å². The second kappa shape index (κ2) is 9.89. The van der Waals surface area contributed by atoms with E-state index in [1.807, 2.05) is 54.6 Å². The van der Waals surface area contributed by atoms with Crippen LogP contribution in [0.4, 0.5) is 11.4 Å². The fourth-order valence-corrected chi connectivity index (χ4v) is 5.51. The highest BCUT2D eigenvalue weighted by Gasteiger charge is 2.44. The van der Waals surface area contributed by atoms with Crippen molar-refractivity contribution in [3.63, 3.8) is 0 Å². The number of ether oxygens (including phenoxy) is 3. The van der Waals surface area contributed by atoms with Crippen LogP contribution in [-0.4, -0.2) is 33.0 Å². The van der Waals surface area contributed by atoms with Gasteiger partial charge in [-0.1, -0.05) is 44.2 Å². The smallest absolute Gasteiger partial charge is 0.259 e. The van der Waals surface area contributed by atoms with E-state index in [0.29, 0.717) is 52.5 Å². The standard InChI is InChI=1S/C31H32N2O5/c1-31(2)17-22-27(24(34)18-31)28(20-15-25(36-3)29(38-5)26(16-20)37-4)33(23-14-10-9-13-21(23)32-22)30(35)19-11-7-6-8-12-19/h6-16,28,32H,17-18H2,1-5H3. The molecule has 0 saturated carbocycles. The Labute approximate surface area is 223 Å².